The van der Waals surface area contributed by atoms with E-state index in [1.807, 2.05) is 35.2 Å². The second-order valence-electron chi connectivity index (χ2n) is 8.13. The van der Waals surface area contributed by atoms with E-state index in [1.165, 1.54) is 33.0 Å². The fourth-order valence-corrected chi connectivity index (χ4v) is 3.56. The van der Waals surface area contributed by atoms with Crippen LogP contribution in [0.2, 0.25) is 0 Å². The number of fused-ring (bicyclic) bond motifs is 2. The summed E-state index contributed by atoms with van der Waals surface area (Å²) < 4.78 is 6.07. The van der Waals surface area contributed by atoms with E-state index >= 15 is 0 Å². The molecule has 0 saturated heterocycles. The summed E-state index contributed by atoms with van der Waals surface area (Å²) in [7, 11) is 1.84. The second-order valence-corrected chi connectivity index (χ2v) is 8.13. The number of rotatable bonds is 4. The lowest BCUT2D eigenvalue weighted by molar-refractivity contribution is -0.0893. The number of hydrogen-bond acceptors (Lipinski definition) is 1. The van der Waals surface area contributed by atoms with Gasteiger partial charge in [0.05, 0.1) is 0 Å². The van der Waals surface area contributed by atoms with Crippen LogP contribution in [0.3, 0.4) is 0 Å². The van der Waals surface area contributed by atoms with Crippen LogP contribution in [0.1, 0.15) is 51.7 Å². The summed E-state index contributed by atoms with van der Waals surface area (Å²) >= 11 is 0. The first-order valence-electron chi connectivity index (χ1n) is 9.02. The Kier molecular flexibility index (Phi) is 3.71. The fourth-order valence-electron chi connectivity index (χ4n) is 3.56. The third kappa shape index (κ3) is 2.57. The van der Waals surface area contributed by atoms with Crippen molar-refractivity contribution in [3.05, 3.63) is 53.6 Å². The van der Waals surface area contributed by atoms with Crippen molar-refractivity contribution in [2.45, 2.75) is 51.7 Å². The highest BCUT2D eigenvalue weighted by molar-refractivity contribution is 6.52. The zero-order chi connectivity index (χ0) is 17.8. The molecule has 2 N–H and O–H groups in total. The van der Waals surface area contributed by atoms with Crippen molar-refractivity contribution in [2.75, 3.05) is 0 Å². The topological polar surface area (TPSA) is 32.1 Å². The molecule has 0 fully saturated rings. The third-order valence-corrected chi connectivity index (χ3v) is 5.85. The second kappa shape index (κ2) is 5.58. The van der Waals surface area contributed by atoms with Crippen molar-refractivity contribution in [3.8, 4) is 0 Å². The molecule has 2 aliphatic rings. The van der Waals surface area contributed by atoms with Gasteiger partial charge in [0.2, 0.25) is 0 Å². The van der Waals surface area contributed by atoms with Gasteiger partial charge in [0.1, 0.15) is 5.60 Å². The Bertz CT molecular complexity index is 914. The molecule has 0 aromatic heterocycles. The maximum atomic E-state index is 8.29. The van der Waals surface area contributed by atoms with E-state index in [-0.39, 0.29) is 0 Å². The Balaban J connectivity index is 1.75. The largest absolute Gasteiger partial charge is 0.439 e. The molecule has 1 radical (unpaired) electrons. The molecule has 0 saturated carbocycles. The molecule has 0 unspecified atom stereocenters. The first kappa shape index (κ1) is 16.6. The van der Waals surface area contributed by atoms with Gasteiger partial charge in [-0.1, -0.05) is 42.5 Å². The molecule has 127 valence electrons. The Morgan fingerprint density at radius 2 is 1.84 bits per heavy atom. The van der Waals surface area contributed by atoms with Crippen LogP contribution in [-0.4, -0.2) is 23.8 Å². The van der Waals surface area contributed by atoms with E-state index in [0.717, 1.165) is 18.3 Å². The molecule has 3 heteroatoms. The summed E-state index contributed by atoms with van der Waals surface area (Å²) in [5.41, 5.74) is 5.43. The van der Waals surface area contributed by atoms with Gasteiger partial charge in [0, 0.05) is 13.8 Å². The van der Waals surface area contributed by atoms with E-state index in [2.05, 4.69) is 42.5 Å². The van der Waals surface area contributed by atoms with Crippen molar-refractivity contribution in [1.29, 1.82) is 0 Å². The number of hydrogen-bond donors (Lipinski definition) is 0. The molecular weight excluding hydrogens is 307 g/mol. The summed E-state index contributed by atoms with van der Waals surface area (Å²) in [6.45, 7) is 7.72. The predicted molar refractivity (Wildman–Crippen MR) is 107 cm³/mol. The monoisotopic (exact) mass is 332 g/mol. The standard InChI is InChI=1S/C22H24BO2/c1-21(2,24)22(3,4)25-23-19-13-12-17-15-9-6-5-8-14(15)16-10-7-11-18(19)20(16)17/h6-7,9-13,24H,5,8H2,1-4H3/p+1. The van der Waals surface area contributed by atoms with Crippen LogP contribution in [0.15, 0.2) is 42.5 Å². The van der Waals surface area contributed by atoms with Crippen LogP contribution in [0, 0.1) is 0 Å². The molecule has 0 spiro atoms. The minimum absolute atomic E-state index is 0.560. The third-order valence-electron chi connectivity index (χ3n) is 5.85. The lowest BCUT2D eigenvalue weighted by Crippen LogP contribution is -2.49. The Morgan fingerprint density at radius 1 is 1.04 bits per heavy atom. The van der Waals surface area contributed by atoms with Crippen LogP contribution in [0.25, 0.3) is 21.9 Å². The molecule has 2 aromatic carbocycles. The average Bonchev–Trinajstić information content (AvgIpc) is 2.90. The predicted octanol–water partition coefficient (Wildman–Crippen LogP) is 3.96. The van der Waals surface area contributed by atoms with Crippen LogP contribution in [0.4, 0.5) is 0 Å². The zero-order valence-corrected chi connectivity index (χ0v) is 15.4. The number of allylic oxidation sites excluding steroid dienone is 4. The SMILES string of the molecule is CC(C)([OH2+])C(C)(C)O[B]c1ccc2c3c(cccc13)C1=C2C=CCC1. The lowest BCUT2D eigenvalue weighted by atomic mass is 9.79. The molecule has 2 aliphatic carbocycles. The first-order valence-corrected chi connectivity index (χ1v) is 9.02. The maximum absolute atomic E-state index is 8.29. The van der Waals surface area contributed by atoms with Gasteiger partial charge >= 0.3 is 7.48 Å². The molecule has 0 bridgehead atoms. The maximum Gasteiger partial charge on any atom is 0.331 e. The van der Waals surface area contributed by atoms with Crippen molar-refractivity contribution in [3.63, 3.8) is 0 Å². The van der Waals surface area contributed by atoms with E-state index < -0.39 is 11.2 Å². The van der Waals surface area contributed by atoms with E-state index in [1.54, 1.807) is 0 Å². The smallest absolute Gasteiger partial charge is 0.331 e. The van der Waals surface area contributed by atoms with E-state index in [9.17, 15) is 0 Å². The quantitative estimate of drug-likeness (QED) is 0.616. The Morgan fingerprint density at radius 3 is 2.60 bits per heavy atom. The highest BCUT2D eigenvalue weighted by atomic mass is 16.5. The molecule has 0 heterocycles. The molecule has 0 amide bonds. The van der Waals surface area contributed by atoms with E-state index in [4.69, 9.17) is 9.76 Å². The van der Waals surface area contributed by atoms with Gasteiger partial charge in [0.25, 0.3) is 0 Å². The lowest BCUT2D eigenvalue weighted by Gasteiger charge is -2.33. The van der Waals surface area contributed by atoms with Gasteiger partial charge in [-0.3, -0.25) is 0 Å². The average molecular weight is 332 g/mol. The highest BCUT2D eigenvalue weighted by Crippen LogP contribution is 2.45. The number of benzene rings is 2. The van der Waals surface area contributed by atoms with Gasteiger partial charge in [0.15, 0.2) is 5.60 Å². The Labute approximate surface area is 150 Å². The fraction of sp³-hybridized carbons (Fsp3) is 0.364. The summed E-state index contributed by atoms with van der Waals surface area (Å²) in [5, 5.41) is 10.9. The van der Waals surface area contributed by atoms with Crippen molar-refractivity contribution < 1.29 is 9.76 Å². The molecule has 2 aromatic rings. The normalized spacial score (nSPS) is 16.5. The van der Waals surface area contributed by atoms with Crippen LogP contribution in [-0.2, 0) is 4.65 Å². The molecule has 2 nitrogen and oxygen atoms in total. The molecule has 25 heavy (non-hydrogen) atoms. The van der Waals surface area contributed by atoms with Crippen LogP contribution < -0.4 is 5.46 Å². The molecule has 0 atom stereocenters. The van der Waals surface area contributed by atoms with Gasteiger partial charge in [-0.05, 0) is 65.2 Å². The summed E-state index contributed by atoms with van der Waals surface area (Å²) in [4.78, 5) is 0. The van der Waals surface area contributed by atoms with Crippen LogP contribution >= 0.6 is 0 Å². The van der Waals surface area contributed by atoms with Crippen LogP contribution in [0.5, 0.6) is 0 Å². The van der Waals surface area contributed by atoms with Gasteiger partial charge in [-0.25, -0.2) is 0 Å². The van der Waals surface area contributed by atoms with E-state index in [0.29, 0.717) is 0 Å². The molecule has 4 rings (SSSR count). The summed E-state index contributed by atoms with van der Waals surface area (Å²) in [5.74, 6) is 0. The molecule has 0 aliphatic heterocycles. The highest BCUT2D eigenvalue weighted by Gasteiger charge is 2.40. The minimum Gasteiger partial charge on any atom is -0.439 e. The summed E-state index contributed by atoms with van der Waals surface area (Å²) in [6, 6.07) is 10.9. The van der Waals surface area contributed by atoms with Gasteiger partial charge in [-0.15, -0.1) is 0 Å². The van der Waals surface area contributed by atoms with Gasteiger partial charge < -0.3 is 9.76 Å². The zero-order valence-electron chi connectivity index (χ0n) is 15.4. The molecular formula is C22H25BO2+. The summed E-state index contributed by atoms with van der Waals surface area (Å²) in [6.07, 6.45) is 6.80. The Hall–Kier alpha value is -1.84. The van der Waals surface area contributed by atoms with Crippen molar-refractivity contribution in [2.24, 2.45) is 0 Å². The first-order chi connectivity index (χ1) is 11.8. The minimum atomic E-state index is -0.677. The van der Waals surface area contributed by atoms with Crippen molar-refractivity contribution in [1.82, 2.24) is 0 Å². The van der Waals surface area contributed by atoms with Gasteiger partial charge in [-0.2, -0.15) is 0 Å². The van der Waals surface area contributed by atoms with Crippen molar-refractivity contribution >= 4 is 34.9 Å².